The highest BCUT2D eigenvalue weighted by atomic mass is 28.3. The summed E-state index contributed by atoms with van der Waals surface area (Å²) >= 11 is 0. The first-order chi connectivity index (χ1) is 29.2. The molecule has 0 saturated carbocycles. The molecule has 0 atom stereocenters. The molecular weight excluding hydrogens is 748 g/mol. The van der Waals surface area contributed by atoms with Crippen LogP contribution in [0.1, 0.15) is 26.3 Å². The Balaban J connectivity index is 1.24. The van der Waals surface area contributed by atoms with Crippen LogP contribution >= 0.6 is 0 Å². The largest absolute Gasteiger partial charge is 0.456 e. The summed E-state index contributed by atoms with van der Waals surface area (Å²) in [4.78, 5) is 5.26. The number of benzene rings is 8. The summed E-state index contributed by atoms with van der Waals surface area (Å²) in [7, 11) is -2.14. The van der Waals surface area contributed by atoms with Gasteiger partial charge in [-0.25, -0.2) is 0 Å². The van der Waals surface area contributed by atoms with E-state index in [4.69, 9.17) is 8.83 Å². The maximum absolute atomic E-state index is 7.07. The Bertz CT molecular complexity index is 3480. The molecule has 0 fully saturated rings. The highest BCUT2D eigenvalue weighted by Gasteiger charge is 2.51. The van der Waals surface area contributed by atoms with Gasteiger partial charge in [0.15, 0.2) is 0 Å². The fraction of sp³-hybridized carbons (Fsp3) is 0.111. The number of rotatable bonds is 2. The van der Waals surface area contributed by atoms with Crippen LogP contribution in [0.4, 0.5) is 28.4 Å². The second-order valence-corrected chi connectivity index (χ2v) is 22.8. The molecule has 13 rings (SSSR count). The van der Waals surface area contributed by atoms with Gasteiger partial charge in [-0.15, -0.1) is 0 Å². The lowest BCUT2D eigenvalue weighted by Gasteiger charge is -2.50. The van der Waals surface area contributed by atoms with Crippen molar-refractivity contribution in [2.75, 3.05) is 9.71 Å². The van der Waals surface area contributed by atoms with E-state index in [1.807, 2.05) is 0 Å². The van der Waals surface area contributed by atoms with Gasteiger partial charge < -0.3 is 18.5 Å². The summed E-state index contributed by atoms with van der Waals surface area (Å²) in [6, 6.07) is 58.5. The number of hydrogen-bond donors (Lipinski definition) is 0. The fourth-order valence-electron chi connectivity index (χ4n) is 10.9. The first kappa shape index (κ1) is 34.1. The van der Waals surface area contributed by atoms with Crippen LogP contribution in [0, 0.1) is 0 Å². The normalized spacial score (nSPS) is 14.8. The molecule has 0 bridgehead atoms. The third kappa shape index (κ3) is 4.41. The fourth-order valence-corrected chi connectivity index (χ4v) is 13.9. The van der Waals surface area contributed by atoms with Crippen molar-refractivity contribution in [1.82, 2.24) is 0 Å². The quantitative estimate of drug-likeness (QED) is 0.163. The Morgan fingerprint density at radius 1 is 0.517 bits per heavy atom. The molecule has 10 aromatic rings. The molecule has 0 amide bonds. The van der Waals surface area contributed by atoms with Gasteiger partial charge in [0.05, 0.1) is 5.69 Å². The van der Waals surface area contributed by atoms with Crippen molar-refractivity contribution in [2.24, 2.45) is 0 Å². The maximum atomic E-state index is 7.07. The maximum Gasteiger partial charge on any atom is 0.333 e. The highest BCUT2D eigenvalue weighted by molar-refractivity contribution is 7.05. The van der Waals surface area contributed by atoms with Gasteiger partial charge in [-0.05, 0) is 86.4 Å². The zero-order valence-corrected chi connectivity index (χ0v) is 35.3. The van der Waals surface area contributed by atoms with Crippen molar-refractivity contribution in [1.29, 1.82) is 0 Å². The Kier molecular flexibility index (Phi) is 6.66. The first-order valence-corrected chi connectivity index (χ1v) is 24.1. The second-order valence-electron chi connectivity index (χ2n) is 18.5. The van der Waals surface area contributed by atoms with Crippen molar-refractivity contribution >= 4 is 109 Å². The molecule has 2 aromatic heterocycles. The number of fused-ring (bicyclic) bond motifs is 13. The molecule has 0 spiro atoms. The molecule has 0 radical (unpaired) electrons. The molecule has 0 saturated heterocycles. The van der Waals surface area contributed by atoms with E-state index < -0.39 is 8.07 Å². The molecule has 4 nitrogen and oxygen atoms in total. The van der Waals surface area contributed by atoms with Crippen molar-refractivity contribution in [3.63, 3.8) is 0 Å². The van der Waals surface area contributed by atoms with E-state index in [1.54, 1.807) is 0 Å². The van der Waals surface area contributed by atoms with Gasteiger partial charge in [0.25, 0.3) is 0 Å². The minimum Gasteiger partial charge on any atom is -0.456 e. The Morgan fingerprint density at radius 3 is 2.00 bits per heavy atom. The van der Waals surface area contributed by atoms with Gasteiger partial charge >= 0.3 is 6.85 Å². The van der Waals surface area contributed by atoms with Crippen molar-refractivity contribution in [3.8, 4) is 22.3 Å². The minimum atomic E-state index is -2.14. The van der Waals surface area contributed by atoms with Gasteiger partial charge in [0, 0.05) is 61.0 Å². The van der Waals surface area contributed by atoms with Gasteiger partial charge in [0.1, 0.15) is 30.4 Å². The third-order valence-electron chi connectivity index (χ3n) is 13.8. The van der Waals surface area contributed by atoms with Crippen LogP contribution in [0.2, 0.25) is 13.1 Å². The van der Waals surface area contributed by atoms with Gasteiger partial charge in [-0.1, -0.05) is 143 Å². The first-order valence-electron chi connectivity index (χ1n) is 21.1. The second kappa shape index (κ2) is 11.7. The van der Waals surface area contributed by atoms with Crippen LogP contribution in [-0.4, -0.2) is 14.9 Å². The third-order valence-corrected chi connectivity index (χ3v) is 17.3. The Hall–Kier alpha value is -6.76. The molecule has 0 N–H and O–H groups in total. The minimum absolute atomic E-state index is 0.0389. The number of anilines is 5. The molecule has 3 aliphatic heterocycles. The Labute approximate surface area is 350 Å². The summed E-state index contributed by atoms with van der Waals surface area (Å²) < 4.78 is 13.8. The lowest BCUT2D eigenvalue weighted by Crippen LogP contribution is -2.68. The monoisotopic (exact) mass is 788 g/mol. The van der Waals surface area contributed by atoms with Crippen LogP contribution in [-0.2, 0) is 5.41 Å². The molecule has 0 aliphatic carbocycles. The molecule has 60 heavy (non-hydrogen) atoms. The van der Waals surface area contributed by atoms with E-state index in [0.717, 1.165) is 55.3 Å². The van der Waals surface area contributed by atoms with Crippen molar-refractivity contribution < 1.29 is 8.83 Å². The lowest BCUT2D eigenvalue weighted by atomic mass is 9.43. The summed E-state index contributed by atoms with van der Waals surface area (Å²) in [6.45, 7) is 11.8. The summed E-state index contributed by atoms with van der Waals surface area (Å²) in [5.74, 6) is 0. The molecule has 6 heteroatoms. The number of hydrogen-bond acceptors (Lipinski definition) is 4. The van der Waals surface area contributed by atoms with Gasteiger partial charge in [-0.2, -0.15) is 0 Å². The van der Waals surface area contributed by atoms with E-state index in [-0.39, 0.29) is 12.3 Å². The highest BCUT2D eigenvalue weighted by Crippen LogP contribution is 2.53. The van der Waals surface area contributed by atoms with Crippen LogP contribution in [0.25, 0.3) is 66.1 Å². The molecule has 5 heterocycles. The topological polar surface area (TPSA) is 32.8 Å². The van der Waals surface area contributed by atoms with E-state index >= 15 is 0 Å². The Morgan fingerprint density at radius 2 is 1.20 bits per heavy atom. The summed E-state index contributed by atoms with van der Waals surface area (Å²) in [5, 5.41) is 7.41. The average molecular weight is 789 g/mol. The zero-order valence-electron chi connectivity index (χ0n) is 34.3. The molecule has 286 valence electrons. The average Bonchev–Trinajstić information content (AvgIpc) is 3.83. The SMILES string of the molecule is CC(C)(C)c1ccc(N2c3cc4c(cc3B3c5c2cc2c(oc6ccccc62)c5-c2cccc5c2N3c2ccccc2[Si]5(C)C)oc2ccccc24)c(-c2ccccc2)c1. The molecule has 8 aromatic carbocycles. The predicted octanol–water partition coefficient (Wildman–Crippen LogP) is 12.3. The number of furan rings is 2. The molecular formula is C54H41BN2O2Si. The number of para-hydroxylation sites is 4. The standard InChI is InChI=1S/C54H41BN2O2Si/c1-54(2,3)33-26-27-41(37(28-33)32-16-7-6-8-17-32)56-43-29-38-34-18-9-12-22-45(34)58-47(38)31-40(43)55-51-44(56)30-39-35-19-10-13-23-46(35)59-53(39)50(51)36-20-15-25-49-52(36)57(55)42-21-11-14-24-48(42)60(49,4)5/h6-31H,1-5H3. The van der Waals surface area contributed by atoms with Gasteiger partial charge in [0.2, 0.25) is 0 Å². The predicted molar refractivity (Wildman–Crippen MR) is 256 cm³/mol. The van der Waals surface area contributed by atoms with E-state index in [0.29, 0.717) is 0 Å². The van der Waals surface area contributed by atoms with Crippen LogP contribution in [0.3, 0.4) is 0 Å². The van der Waals surface area contributed by atoms with E-state index in [1.165, 1.54) is 66.2 Å². The summed E-state index contributed by atoms with van der Waals surface area (Å²) in [6.07, 6.45) is 0. The van der Waals surface area contributed by atoms with Crippen molar-refractivity contribution in [3.05, 3.63) is 163 Å². The molecule has 3 aliphatic rings. The van der Waals surface area contributed by atoms with E-state index in [9.17, 15) is 0 Å². The van der Waals surface area contributed by atoms with Crippen LogP contribution < -0.4 is 31.0 Å². The van der Waals surface area contributed by atoms with E-state index in [2.05, 4.69) is 201 Å². The molecule has 0 unspecified atom stereocenters. The lowest BCUT2D eigenvalue weighted by molar-refractivity contribution is 0.590. The van der Waals surface area contributed by atoms with Gasteiger partial charge in [-0.3, -0.25) is 0 Å². The van der Waals surface area contributed by atoms with Crippen LogP contribution in [0.15, 0.2) is 167 Å². The summed E-state index contributed by atoms with van der Waals surface area (Å²) in [5.41, 5.74) is 18.3. The smallest absolute Gasteiger partial charge is 0.333 e. The van der Waals surface area contributed by atoms with Crippen LogP contribution in [0.5, 0.6) is 0 Å². The van der Waals surface area contributed by atoms with Crippen molar-refractivity contribution in [2.45, 2.75) is 39.3 Å². The zero-order chi connectivity index (χ0) is 40.2. The number of nitrogens with zero attached hydrogens (tertiary/aromatic N) is 2.